The SMILES string of the molecule is CC(=O)N[C@H]1C(O)O[C@H](CO)[C@@H](O)[C@@H]1O[C@H](C)C(=O)N[C@@H](C)C(=O)N[C@H](CCC(=O)N[C@@H](CCCCNC(=O)CCCCCNC(=O)CCCCCNC(=O)CCCC[C@@H]1SC[C@@H]2NC(=O)N[C@@H]21)C(=O)O)C(=O)O. The molecule has 3 rings (SSSR count). The maximum atomic E-state index is 12.9. The molecule has 3 heterocycles. The van der Waals surface area contributed by atoms with Crippen molar-refractivity contribution in [2.24, 2.45) is 0 Å². The predicted molar refractivity (Wildman–Crippen MR) is 266 cm³/mol. The number of fused-ring (bicyclic) bond motifs is 1. The first kappa shape index (κ1) is 62.9. The van der Waals surface area contributed by atoms with E-state index in [4.69, 9.17) is 9.47 Å². The summed E-state index contributed by atoms with van der Waals surface area (Å²) < 4.78 is 10.7. The molecule has 0 aromatic rings. The molecule has 3 saturated heterocycles. The summed E-state index contributed by atoms with van der Waals surface area (Å²) in [5, 5.41) is 74.0. The van der Waals surface area contributed by atoms with Crippen LogP contribution in [0.3, 0.4) is 0 Å². The van der Waals surface area contributed by atoms with Gasteiger partial charge in [0, 0.05) is 63.2 Å². The third-order valence-electron chi connectivity index (χ3n) is 12.8. The molecule has 0 radical (unpaired) electrons. The second-order valence-corrected chi connectivity index (χ2v) is 20.1. The van der Waals surface area contributed by atoms with E-state index in [1.54, 1.807) is 0 Å². The number of amides is 9. The molecule has 14 N–H and O–H groups in total. The largest absolute Gasteiger partial charge is 0.480 e. The number of ether oxygens (including phenoxy) is 2. The van der Waals surface area contributed by atoms with Gasteiger partial charge in [-0.15, -0.1) is 0 Å². The van der Waals surface area contributed by atoms with Gasteiger partial charge < -0.3 is 82.9 Å². The molecule has 0 aliphatic carbocycles. The summed E-state index contributed by atoms with van der Waals surface area (Å²) in [6, 6.07) is -5.31. The lowest BCUT2D eigenvalue weighted by Crippen LogP contribution is -2.65. The Morgan fingerprint density at radius 1 is 0.689 bits per heavy atom. The van der Waals surface area contributed by atoms with Gasteiger partial charge in [-0.2, -0.15) is 11.8 Å². The summed E-state index contributed by atoms with van der Waals surface area (Å²) in [4.78, 5) is 122. The van der Waals surface area contributed by atoms with Crippen molar-refractivity contribution in [1.29, 1.82) is 0 Å². The number of carbonyl (C=O) groups is 10. The maximum absolute atomic E-state index is 12.9. The van der Waals surface area contributed by atoms with Gasteiger partial charge in [-0.05, 0) is 78.1 Å². The Bertz CT molecular complexity index is 1890. The highest BCUT2D eigenvalue weighted by Crippen LogP contribution is 2.33. The fourth-order valence-corrected chi connectivity index (χ4v) is 10.1. The number of carbonyl (C=O) groups excluding carboxylic acids is 8. The lowest BCUT2D eigenvalue weighted by molar-refractivity contribution is -0.266. The minimum atomic E-state index is -1.71. The molecule has 3 aliphatic heterocycles. The molecule has 3 aliphatic rings. The Labute approximate surface area is 434 Å². The molecule has 12 atom stereocenters. The molecule has 74 heavy (non-hydrogen) atoms. The number of hydrogen-bond donors (Lipinski definition) is 14. The van der Waals surface area contributed by atoms with Crippen LogP contribution in [-0.2, 0) is 52.6 Å². The van der Waals surface area contributed by atoms with Crippen LogP contribution in [0.25, 0.3) is 0 Å². The summed E-state index contributed by atoms with van der Waals surface area (Å²) in [6.45, 7) is 4.24. The molecule has 27 heteroatoms. The van der Waals surface area contributed by atoms with Crippen LogP contribution in [0.1, 0.15) is 130 Å². The molecule has 420 valence electrons. The van der Waals surface area contributed by atoms with E-state index in [1.165, 1.54) is 13.8 Å². The van der Waals surface area contributed by atoms with Crippen molar-refractivity contribution < 1.29 is 83.0 Å². The highest BCUT2D eigenvalue weighted by atomic mass is 32.2. The quantitative estimate of drug-likeness (QED) is 0.0241. The zero-order chi connectivity index (χ0) is 54.7. The van der Waals surface area contributed by atoms with E-state index in [9.17, 15) is 73.5 Å². The first-order valence-corrected chi connectivity index (χ1v) is 26.6. The van der Waals surface area contributed by atoms with Crippen LogP contribution < -0.4 is 47.9 Å². The number of aliphatic hydroxyl groups is 3. The zero-order valence-corrected chi connectivity index (χ0v) is 43.3. The first-order valence-electron chi connectivity index (χ1n) is 25.6. The lowest BCUT2D eigenvalue weighted by Gasteiger charge is -2.43. The molecule has 0 spiro atoms. The van der Waals surface area contributed by atoms with E-state index in [-0.39, 0.29) is 55.2 Å². The molecular weight excluding hydrogens is 995 g/mol. The summed E-state index contributed by atoms with van der Waals surface area (Å²) in [6.07, 6.45) is 0.612. The third kappa shape index (κ3) is 23.0. The minimum absolute atomic E-state index is 0.0219. The van der Waals surface area contributed by atoms with E-state index >= 15 is 0 Å². The fraction of sp³-hybridized carbons (Fsp3) is 0.787. The van der Waals surface area contributed by atoms with Gasteiger partial charge in [0.2, 0.25) is 41.4 Å². The average molecular weight is 1070 g/mol. The van der Waals surface area contributed by atoms with Crippen molar-refractivity contribution in [3.63, 3.8) is 0 Å². The zero-order valence-electron chi connectivity index (χ0n) is 42.5. The van der Waals surface area contributed by atoms with Gasteiger partial charge in [0.1, 0.15) is 48.6 Å². The predicted octanol–water partition coefficient (Wildman–Crippen LogP) is -1.88. The van der Waals surface area contributed by atoms with E-state index in [0.717, 1.165) is 51.2 Å². The third-order valence-corrected chi connectivity index (χ3v) is 14.3. The Balaban J connectivity index is 1.19. The average Bonchev–Trinajstić information content (AvgIpc) is 3.91. The van der Waals surface area contributed by atoms with Crippen molar-refractivity contribution in [2.45, 2.75) is 202 Å². The second kappa shape index (κ2) is 33.5. The summed E-state index contributed by atoms with van der Waals surface area (Å²) >= 11 is 1.87. The number of carboxylic acid groups (broad SMARTS) is 2. The normalized spacial score (nSPS) is 23.6. The topological polar surface area (TPSA) is 399 Å². The van der Waals surface area contributed by atoms with Crippen molar-refractivity contribution in [1.82, 2.24) is 47.9 Å². The molecular formula is C47H79N9O17S. The highest BCUT2D eigenvalue weighted by molar-refractivity contribution is 8.00. The number of carboxylic acids is 2. The Hall–Kier alpha value is -5.35. The number of aliphatic hydroxyl groups excluding tert-OH is 3. The summed E-state index contributed by atoms with van der Waals surface area (Å²) in [5.41, 5.74) is 0. The van der Waals surface area contributed by atoms with E-state index in [0.29, 0.717) is 63.3 Å². The molecule has 0 saturated carbocycles. The van der Waals surface area contributed by atoms with Gasteiger partial charge in [-0.3, -0.25) is 33.6 Å². The van der Waals surface area contributed by atoms with Gasteiger partial charge in [-0.1, -0.05) is 19.3 Å². The Morgan fingerprint density at radius 2 is 1.24 bits per heavy atom. The Kier molecular flexibility index (Phi) is 28.5. The molecule has 26 nitrogen and oxygen atoms in total. The number of unbranched alkanes of at least 4 members (excludes halogenated alkanes) is 6. The van der Waals surface area contributed by atoms with Crippen LogP contribution in [0.4, 0.5) is 4.79 Å². The first-order chi connectivity index (χ1) is 35.2. The number of thioether (sulfide) groups is 1. The van der Waals surface area contributed by atoms with E-state index in [2.05, 4.69) is 47.9 Å². The van der Waals surface area contributed by atoms with Gasteiger partial charge in [0.15, 0.2) is 6.29 Å². The van der Waals surface area contributed by atoms with Crippen molar-refractivity contribution in [3.05, 3.63) is 0 Å². The molecule has 1 unspecified atom stereocenters. The molecule has 9 amide bonds. The van der Waals surface area contributed by atoms with Crippen molar-refractivity contribution in [2.75, 3.05) is 32.0 Å². The number of hydrogen-bond acceptors (Lipinski definition) is 16. The number of urea groups is 1. The molecule has 3 fully saturated rings. The van der Waals surface area contributed by atoms with Crippen LogP contribution in [0.15, 0.2) is 0 Å². The van der Waals surface area contributed by atoms with Crippen molar-refractivity contribution in [3.8, 4) is 0 Å². The molecule has 0 aromatic carbocycles. The monoisotopic (exact) mass is 1070 g/mol. The summed E-state index contributed by atoms with van der Waals surface area (Å²) in [5.74, 6) is -5.36. The smallest absolute Gasteiger partial charge is 0.326 e. The minimum Gasteiger partial charge on any atom is -0.480 e. The highest BCUT2D eigenvalue weighted by Gasteiger charge is 2.47. The molecule has 0 bridgehead atoms. The van der Waals surface area contributed by atoms with Gasteiger partial charge in [-0.25, -0.2) is 14.4 Å². The number of nitrogens with one attached hydrogen (secondary N) is 9. The van der Waals surface area contributed by atoms with Crippen LogP contribution in [0.2, 0.25) is 0 Å². The van der Waals surface area contributed by atoms with E-state index < -0.39 is 110 Å². The standard InChI is InChI=1S/C47H79N9O17S/c1-26(51-43(65)27(2)72-41-39(52-28(3)58)46(70)73-32(24-57)40(41)63)42(64)54-30(45(68)69)19-20-37(62)53-29(44(66)67)14-10-13-23-50-35(60)17-7-5-11-21-48-34(59)16-6-4-12-22-49-36(61)18-9-8-15-33-38-31(25-74-33)55-47(71)56-38/h26-27,29-33,38-41,46,57,63,70H,4-25H2,1-3H3,(H,48,59)(H,49,61)(H,50,60)(H,51,65)(H,52,58)(H,53,62)(H,54,64)(H,66,67)(H,68,69)(H2,55,56,71)/t26-,27+,29-,30+,31-,32+,33-,38-,39+,40+,41+,46?/m0/s1. The van der Waals surface area contributed by atoms with Crippen LogP contribution in [0.5, 0.6) is 0 Å². The van der Waals surface area contributed by atoms with Crippen LogP contribution in [0, 0.1) is 0 Å². The number of aliphatic carboxylic acids is 2. The van der Waals surface area contributed by atoms with E-state index in [1.807, 2.05) is 11.8 Å². The van der Waals surface area contributed by atoms with Gasteiger partial charge in [0.25, 0.3) is 0 Å². The maximum Gasteiger partial charge on any atom is 0.326 e. The van der Waals surface area contributed by atoms with Gasteiger partial charge in [0.05, 0.1) is 18.7 Å². The Morgan fingerprint density at radius 3 is 1.80 bits per heavy atom. The second-order valence-electron chi connectivity index (χ2n) is 18.9. The lowest BCUT2D eigenvalue weighted by atomic mass is 9.96. The summed E-state index contributed by atoms with van der Waals surface area (Å²) in [7, 11) is 0. The van der Waals surface area contributed by atoms with Gasteiger partial charge >= 0.3 is 18.0 Å². The van der Waals surface area contributed by atoms with Crippen molar-refractivity contribution >= 4 is 71.1 Å². The number of rotatable bonds is 36. The van der Waals surface area contributed by atoms with Crippen LogP contribution >= 0.6 is 11.8 Å². The fourth-order valence-electron chi connectivity index (χ4n) is 8.55. The van der Waals surface area contributed by atoms with Crippen LogP contribution in [-0.4, -0.2) is 189 Å². The molecule has 0 aromatic heterocycles.